The number of thioether (sulfide) groups is 1. The molecule has 0 saturated carbocycles. The van der Waals surface area contributed by atoms with E-state index in [2.05, 4.69) is 12.1 Å². The number of β-amino-alcohol motifs (C(OH)–C–C–N with tert-alkyl or cyclic N) is 1. The zero-order valence-corrected chi connectivity index (χ0v) is 10.5. The van der Waals surface area contributed by atoms with E-state index in [9.17, 15) is 9.90 Å². The number of benzene rings is 1. The molecule has 1 N–H and O–H groups in total. The van der Waals surface area contributed by atoms with Gasteiger partial charge in [0.05, 0.1) is 6.10 Å². The summed E-state index contributed by atoms with van der Waals surface area (Å²) in [7, 11) is 0. The maximum absolute atomic E-state index is 11.8. The first-order valence-electron chi connectivity index (χ1n) is 5.89. The van der Waals surface area contributed by atoms with Crippen molar-refractivity contribution in [2.45, 2.75) is 23.8 Å². The molecule has 1 aromatic carbocycles. The third-order valence-electron chi connectivity index (χ3n) is 2.84. The molecule has 92 valence electrons. The van der Waals surface area contributed by atoms with Crippen molar-refractivity contribution >= 4 is 17.7 Å². The molecule has 1 atom stereocenters. The number of aliphatic hydroxyl groups is 1. The number of rotatable bonds is 4. The quantitative estimate of drug-likeness (QED) is 0.829. The first kappa shape index (κ1) is 12.5. The topological polar surface area (TPSA) is 40.5 Å². The summed E-state index contributed by atoms with van der Waals surface area (Å²) in [4.78, 5) is 14.7. The molecule has 0 radical (unpaired) electrons. The first-order valence-corrected chi connectivity index (χ1v) is 6.88. The number of carbonyl (C=O) groups is 1. The number of carbonyl (C=O) groups excluding carboxylic acids is 1. The molecular weight excluding hydrogens is 234 g/mol. The van der Waals surface area contributed by atoms with Gasteiger partial charge in [-0.15, -0.1) is 11.8 Å². The summed E-state index contributed by atoms with van der Waals surface area (Å²) in [5.74, 6) is 0.958. The van der Waals surface area contributed by atoms with Gasteiger partial charge in [-0.1, -0.05) is 18.2 Å². The van der Waals surface area contributed by atoms with Crippen molar-refractivity contribution in [3.63, 3.8) is 0 Å². The highest BCUT2D eigenvalue weighted by Crippen LogP contribution is 2.19. The smallest absolute Gasteiger partial charge is 0.223 e. The predicted octanol–water partition coefficient (Wildman–Crippen LogP) is 1.76. The van der Waals surface area contributed by atoms with Crippen LogP contribution in [0.4, 0.5) is 0 Å². The van der Waals surface area contributed by atoms with Crippen LogP contribution in [0.15, 0.2) is 35.2 Å². The summed E-state index contributed by atoms with van der Waals surface area (Å²) in [6, 6.07) is 10.1. The molecule has 3 nitrogen and oxygen atoms in total. The Bertz CT molecular complexity index is 369. The molecule has 0 bridgehead atoms. The lowest BCUT2D eigenvalue weighted by molar-refractivity contribution is -0.130. The second kappa shape index (κ2) is 6.07. The lowest BCUT2D eigenvalue weighted by Crippen LogP contribution is -2.29. The van der Waals surface area contributed by atoms with Crippen LogP contribution in [0.5, 0.6) is 0 Å². The van der Waals surface area contributed by atoms with Gasteiger partial charge in [0.2, 0.25) is 5.91 Å². The van der Waals surface area contributed by atoms with E-state index in [1.165, 1.54) is 4.90 Å². The molecule has 1 aliphatic rings. The van der Waals surface area contributed by atoms with Gasteiger partial charge in [-0.25, -0.2) is 0 Å². The van der Waals surface area contributed by atoms with Gasteiger partial charge in [-0.3, -0.25) is 4.79 Å². The highest BCUT2D eigenvalue weighted by Gasteiger charge is 2.23. The van der Waals surface area contributed by atoms with Crippen molar-refractivity contribution in [3.8, 4) is 0 Å². The zero-order chi connectivity index (χ0) is 12.1. The molecule has 1 saturated heterocycles. The fraction of sp³-hybridized carbons (Fsp3) is 0.462. The summed E-state index contributed by atoms with van der Waals surface area (Å²) in [5.41, 5.74) is 0. The van der Waals surface area contributed by atoms with Crippen LogP contribution in [0.3, 0.4) is 0 Å². The Morgan fingerprint density at radius 3 is 2.82 bits per heavy atom. The van der Waals surface area contributed by atoms with Gasteiger partial charge < -0.3 is 10.0 Å². The maximum atomic E-state index is 11.8. The molecule has 0 aromatic heterocycles. The van der Waals surface area contributed by atoms with Gasteiger partial charge in [0.15, 0.2) is 0 Å². The van der Waals surface area contributed by atoms with Gasteiger partial charge in [0.25, 0.3) is 0 Å². The summed E-state index contributed by atoms with van der Waals surface area (Å²) < 4.78 is 0. The Kier molecular flexibility index (Phi) is 4.45. The van der Waals surface area contributed by atoms with Gasteiger partial charge in [-0.2, -0.15) is 0 Å². The average molecular weight is 251 g/mol. The second-order valence-electron chi connectivity index (χ2n) is 4.19. The third kappa shape index (κ3) is 3.75. The minimum Gasteiger partial charge on any atom is -0.391 e. The number of nitrogens with zero attached hydrogens (tertiary/aromatic N) is 1. The van der Waals surface area contributed by atoms with Crippen molar-refractivity contribution in [1.29, 1.82) is 0 Å². The van der Waals surface area contributed by atoms with E-state index in [0.717, 1.165) is 12.2 Å². The number of hydrogen-bond donors (Lipinski definition) is 1. The summed E-state index contributed by atoms with van der Waals surface area (Å²) in [6.07, 6.45) is 0.949. The van der Waals surface area contributed by atoms with Gasteiger partial charge in [0, 0.05) is 30.2 Å². The molecule has 1 aliphatic heterocycles. The minimum atomic E-state index is -0.319. The van der Waals surface area contributed by atoms with Crippen LogP contribution in [-0.2, 0) is 4.79 Å². The third-order valence-corrected chi connectivity index (χ3v) is 3.86. The van der Waals surface area contributed by atoms with E-state index in [-0.39, 0.29) is 12.0 Å². The van der Waals surface area contributed by atoms with Crippen molar-refractivity contribution < 1.29 is 9.90 Å². The SMILES string of the molecule is O=C(CCSc1ccccc1)N1CC[C@H](O)C1. The van der Waals surface area contributed by atoms with Crippen LogP contribution in [0, 0.1) is 0 Å². The monoisotopic (exact) mass is 251 g/mol. The van der Waals surface area contributed by atoms with E-state index in [1.807, 2.05) is 18.2 Å². The summed E-state index contributed by atoms with van der Waals surface area (Å²) >= 11 is 1.70. The van der Waals surface area contributed by atoms with Crippen molar-refractivity contribution in [2.24, 2.45) is 0 Å². The largest absolute Gasteiger partial charge is 0.391 e. The van der Waals surface area contributed by atoms with Crippen LogP contribution in [0.25, 0.3) is 0 Å². The zero-order valence-electron chi connectivity index (χ0n) is 9.71. The molecule has 1 fully saturated rings. The lowest BCUT2D eigenvalue weighted by Gasteiger charge is -2.15. The Morgan fingerprint density at radius 2 is 2.18 bits per heavy atom. The molecule has 1 heterocycles. The van der Waals surface area contributed by atoms with Crippen LogP contribution >= 0.6 is 11.8 Å². The predicted molar refractivity (Wildman–Crippen MR) is 69.0 cm³/mol. The highest BCUT2D eigenvalue weighted by molar-refractivity contribution is 7.99. The summed E-state index contributed by atoms with van der Waals surface area (Å²) in [6.45, 7) is 1.21. The molecule has 17 heavy (non-hydrogen) atoms. The van der Waals surface area contributed by atoms with E-state index >= 15 is 0 Å². The van der Waals surface area contributed by atoms with Crippen LogP contribution in [-0.4, -0.2) is 40.9 Å². The summed E-state index contributed by atoms with van der Waals surface area (Å²) in [5, 5.41) is 9.35. The van der Waals surface area contributed by atoms with E-state index in [0.29, 0.717) is 19.5 Å². The average Bonchev–Trinajstić information content (AvgIpc) is 2.77. The fourth-order valence-corrected chi connectivity index (χ4v) is 2.76. The molecule has 1 aromatic rings. The van der Waals surface area contributed by atoms with Gasteiger partial charge in [-0.05, 0) is 18.6 Å². The van der Waals surface area contributed by atoms with Gasteiger partial charge >= 0.3 is 0 Å². The number of hydrogen-bond acceptors (Lipinski definition) is 3. The Morgan fingerprint density at radius 1 is 1.41 bits per heavy atom. The normalized spacial score (nSPS) is 19.6. The molecule has 2 rings (SSSR count). The van der Waals surface area contributed by atoms with E-state index < -0.39 is 0 Å². The fourth-order valence-electron chi connectivity index (χ4n) is 1.90. The number of aliphatic hydroxyl groups excluding tert-OH is 1. The molecule has 1 amide bonds. The Labute approximate surface area is 106 Å². The number of amides is 1. The molecule has 0 spiro atoms. The van der Waals surface area contributed by atoms with Crippen molar-refractivity contribution in [1.82, 2.24) is 4.90 Å². The first-order chi connectivity index (χ1) is 8.25. The van der Waals surface area contributed by atoms with Crippen LogP contribution in [0.2, 0.25) is 0 Å². The molecular formula is C13H17NO2S. The van der Waals surface area contributed by atoms with Crippen molar-refractivity contribution in [2.75, 3.05) is 18.8 Å². The van der Waals surface area contributed by atoms with Crippen LogP contribution in [0.1, 0.15) is 12.8 Å². The highest BCUT2D eigenvalue weighted by atomic mass is 32.2. The van der Waals surface area contributed by atoms with Crippen LogP contribution < -0.4 is 0 Å². The lowest BCUT2D eigenvalue weighted by atomic mass is 10.3. The standard InChI is InChI=1S/C13H17NO2S/c15-11-6-8-14(10-11)13(16)7-9-17-12-4-2-1-3-5-12/h1-5,11,15H,6-10H2/t11-/m0/s1. The molecule has 0 unspecified atom stereocenters. The molecule has 0 aliphatic carbocycles. The minimum absolute atomic E-state index is 0.157. The van der Waals surface area contributed by atoms with E-state index in [4.69, 9.17) is 0 Å². The Balaban J connectivity index is 1.70. The van der Waals surface area contributed by atoms with Crippen molar-refractivity contribution in [3.05, 3.63) is 30.3 Å². The second-order valence-corrected chi connectivity index (χ2v) is 5.36. The van der Waals surface area contributed by atoms with E-state index in [1.54, 1.807) is 16.7 Å². The number of likely N-dealkylation sites (tertiary alicyclic amines) is 1. The Hall–Kier alpha value is -1.00. The van der Waals surface area contributed by atoms with Gasteiger partial charge in [0.1, 0.15) is 0 Å². The maximum Gasteiger partial charge on any atom is 0.223 e. The molecule has 4 heteroatoms.